The molecule has 1 aliphatic carbocycles. The van der Waals surface area contributed by atoms with E-state index >= 15 is 0 Å². The van der Waals surface area contributed by atoms with Crippen molar-refractivity contribution in [2.75, 3.05) is 13.1 Å². The Kier molecular flexibility index (Phi) is 5.77. The summed E-state index contributed by atoms with van der Waals surface area (Å²) in [5, 5.41) is 3.69. The molecule has 2 nitrogen and oxygen atoms in total. The van der Waals surface area contributed by atoms with Crippen LogP contribution in [0.2, 0.25) is 0 Å². The van der Waals surface area contributed by atoms with E-state index in [0.29, 0.717) is 11.5 Å². The second-order valence-electron chi connectivity index (χ2n) is 6.16. The molecule has 2 heteroatoms. The van der Waals surface area contributed by atoms with E-state index < -0.39 is 0 Å². The van der Waals surface area contributed by atoms with E-state index in [1.807, 2.05) is 0 Å². The molecule has 16 heavy (non-hydrogen) atoms. The first kappa shape index (κ1) is 14.0. The Hall–Kier alpha value is -0.0800. The zero-order valence-corrected chi connectivity index (χ0v) is 11.4. The highest BCUT2D eigenvalue weighted by atomic mass is 14.9. The van der Waals surface area contributed by atoms with Crippen molar-refractivity contribution in [3.8, 4) is 0 Å². The largest absolute Gasteiger partial charge is 0.330 e. The average molecular weight is 226 g/mol. The van der Waals surface area contributed by atoms with Gasteiger partial charge >= 0.3 is 0 Å². The highest BCUT2D eigenvalue weighted by molar-refractivity contribution is 4.88. The van der Waals surface area contributed by atoms with Gasteiger partial charge in [-0.3, -0.25) is 0 Å². The van der Waals surface area contributed by atoms with E-state index in [4.69, 9.17) is 5.73 Å². The van der Waals surface area contributed by atoms with E-state index in [9.17, 15) is 0 Å². The molecule has 1 fully saturated rings. The maximum absolute atomic E-state index is 5.59. The third kappa shape index (κ3) is 4.42. The van der Waals surface area contributed by atoms with Gasteiger partial charge in [0, 0.05) is 12.6 Å². The monoisotopic (exact) mass is 226 g/mol. The summed E-state index contributed by atoms with van der Waals surface area (Å²) < 4.78 is 0. The molecule has 0 bridgehead atoms. The van der Waals surface area contributed by atoms with E-state index in [0.717, 1.165) is 18.9 Å². The zero-order valence-electron chi connectivity index (χ0n) is 11.4. The van der Waals surface area contributed by atoms with Crippen molar-refractivity contribution < 1.29 is 0 Å². The molecular formula is C14H30N2. The molecule has 0 radical (unpaired) electrons. The summed E-state index contributed by atoms with van der Waals surface area (Å²) in [6, 6.07) is 0.578. The Balaban J connectivity index is 2.39. The van der Waals surface area contributed by atoms with Crippen LogP contribution in [0.3, 0.4) is 0 Å². The Morgan fingerprint density at radius 3 is 2.31 bits per heavy atom. The summed E-state index contributed by atoms with van der Waals surface area (Å²) in [5.41, 5.74) is 6.18. The Labute approximate surface area is 101 Å². The van der Waals surface area contributed by atoms with Gasteiger partial charge in [0.1, 0.15) is 0 Å². The minimum absolute atomic E-state index is 0.578. The van der Waals surface area contributed by atoms with Crippen LogP contribution in [0.1, 0.15) is 59.3 Å². The third-order valence-corrected chi connectivity index (χ3v) is 3.93. The summed E-state index contributed by atoms with van der Waals surface area (Å²) in [4.78, 5) is 0. The standard InChI is InChI=1S/C14H30N2/c1-12(2)10-14(7-4-5-8-14)11-16-13(3)6-9-15/h12-13,16H,4-11,15H2,1-3H3. The molecule has 0 aromatic carbocycles. The summed E-state index contributed by atoms with van der Waals surface area (Å²) in [5.74, 6) is 0.824. The van der Waals surface area contributed by atoms with Crippen LogP contribution in [0, 0.1) is 11.3 Å². The normalized spacial score (nSPS) is 21.6. The van der Waals surface area contributed by atoms with Gasteiger partial charge in [0.15, 0.2) is 0 Å². The number of hydrogen-bond acceptors (Lipinski definition) is 2. The van der Waals surface area contributed by atoms with Crippen LogP contribution in [0.25, 0.3) is 0 Å². The van der Waals surface area contributed by atoms with Gasteiger partial charge < -0.3 is 11.1 Å². The molecule has 1 rings (SSSR count). The zero-order chi connectivity index (χ0) is 12.0. The van der Waals surface area contributed by atoms with Gasteiger partial charge in [-0.15, -0.1) is 0 Å². The van der Waals surface area contributed by atoms with Crippen LogP contribution in [0.5, 0.6) is 0 Å². The summed E-state index contributed by atoms with van der Waals surface area (Å²) >= 11 is 0. The second-order valence-corrected chi connectivity index (χ2v) is 6.16. The summed E-state index contributed by atoms with van der Waals surface area (Å²) in [7, 11) is 0. The predicted molar refractivity (Wildman–Crippen MR) is 71.5 cm³/mol. The molecule has 3 N–H and O–H groups in total. The first-order valence-corrected chi connectivity index (χ1v) is 7.01. The number of nitrogens with two attached hydrogens (primary N) is 1. The molecule has 1 atom stereocenters. The molecule has 1 aliphatic rings. The molecular weight excluding hydrogens is 196 g/mol. The van der Waals surface area contributed by atoms with Crippen molar-refractivity contribution in [2.45, 2.75) is 65.3 Å². The SMILES string of the molecule is CC(C)CC1(CNC(C)CCN)CCCC1. The van der Waals surface area contributed by atoms with Gasteiger partial charge in [0.2, 0.25) is 0 Å². The quantitative estimate of drug-likeness (QED) is 0.700. The smallest absolute Gasteiger partial charge is 0.00509 e. The van der Waals surface area contributed by atoms with Gasteiger partial charge in [-0.25, -0.2) is 0 Å². The van der Waals surface area contributed by atoms with Crippen molar-refractivity contribution in [3.05, 3.63) is 0 Å². The van der Waals surface area contributed by atoms with E-state index in [2.05, 4.69) is 26.1 Å². The van der Waals surface area contributed by atoms with Crippen LogP contribution in [0.15, 0.2) is 0 Å². The fourth-order valence-corrected chi connectivity index (χ4v) is 3.19. The molecule has 0 saturated heterocycles. The molecule has 1 saturated carbocycles. The van der Waals surface area contributed by atoms with Crippen molar-refractivity contribution in [3.63, 3.8) is 0 Å². The molecule has 0 aromatic heterocycles. The van der Waals surface area contributed by atoms with Crippen LogP contribution >= 0.6 is 0 Å². The summed E-state index contributed by atoms with van der Waals surface area (Å²) in [6.07, 6.45) is 8.19. The van der Waals surface area contributed by atoms with Crippen LogP contribution in [-0.4, -0.2) is 19.1 Å². The van der Waals surface area contributed by atoms with E-state index in [1.54, 1.807) is 0 Å². The number of rotatable bonds is 7. The number of nitrogens with one attached hydrogen (secondary N) is 1. The summed E-state index contributed by atoms with van der Waals surface area (Å²) in [6.45, 7) is 8.95. The Morgan fingerprint density at radius 1 is 1.19 bits per heavy atom. The lowest BCUT2D eigenvalue weighted by Gasteiger charge is -2.32. The van der Waals surface area contributed by atoms with Gasteiger partial charge in [0.05, 0.1) is 0 Å². The van der Waals surface area contributed by atoms with Gasteiger partial charge in [-0.2, -0.15) is 0 Å². The van der Waals surface area contributed by atoms with Gasteiger partial charge in [0.25, 0.3) is 0 Å². The van der Waals surface area contributed by atoms with E-state index in [1.165, 1.54) is 38.6 Å². The minimum Gasteiger partial charge on any atom is -0.330 e. The highest BCUT2D eigenvalue weighted by Gasteiger charge is 2.34. The van der Waals surface area contributed by atoms with Crippen molar-refractivity contribution >= 4 is 0 Å². The fourth-order valence-electron chi connectivity index (χ4n) is 3.19. The molecule has 1 unspecified atom stereocenters. The maximum Gasteiger partial charge on any atom is 0.00509 e. The average Bonchev–Trinajstić information content (AvgIpc) is 2.64. The Bertz CT molecular complexity index is 183. The fraction of sp³-hybridized carbons (Fsp3) is 1.00. The van der Waals surface area contributed by atoms with Crippen molar-refractivity contribution in [1.82, 2.24) is 5.32 Å². The van der Waals surface area contributed by atoms with Gasteiger partial charge in [-0.05, 0) is 50.5 Å². The molecule has 0 aromatic rings. The molecule has 96 valence electrons. The first-order valence-electron chi connectivity index (χ1n) is 7.01. The second kappa shape index (κ2) is 6.61. The number of hydrogen-bond donors (Lipinski definition) is 2. The highest BCUT2D eigenvalue weighted by Crippen LogP contribution is 2.42. The van der Waals surface area contributed by atoms with Gasteiger partial charge in [-0.1, -0.05) is 26.7 Å². The molecule has 0 heterocycles. The Morgan fingerprint density at radius 2 is 1.81 bits per heavy atom. The first-order chi connectivity index (χ1) is 7.58. The van der Waals surface area contributed by atoms with Crippen LogP contribution in [0.4, 0.5) is 0 Å². The lowest BCUT2D eigenvalue weighted by molar-refractivity contribution is 0.215. The van der Waals surface area contributed by atoms with E-state index in [-0.39, 0.29) is 0 Å². The molecule has 0 aliphatic heterocycles. The lowest BCUT2D eigenvalue weighted by Crippen LogP contribution is -2.38. The topological polar surface area (TPSA) is 38.0 Å². The van der Waals surface area contributed by atoms with Crippen molar-refractivity contribution in [1.29, 1.82) is 0 Å². The lowest BCUT2D eigenvalue weighted by atomic mass is 9.78. The predicted octanol–water partition coefficient (Wildman–Crippen LogP) is 2.92. The van der Waals surface area contributed by atoms with Crippen LogP contribution < -0.4 is 11.1 Å². The maximum atomic E-state index is 5.59. The third-order valence-electron chi connectivity index (χ3n) is 3.93. The minimum atomic E-state index is 0.578. The van der Waals surface area contributed by atoms with Crippen molar-refractivity contribution in [2.24, 2.45) is 17.1 Å². The molecule has 0 amide bonds. The molecule has 0 spiro atoms. The van der Waals surface area contributed by atoms with Crippen LogP contribution in [-0.2, 0) is 0 Å².